The van der Waals surface area contributed by atoms with E-state index in [0.29, 0.717) is 24.3 Å². The molecule has 5 aliphatic rings. The van der Waals surface area contributed by atoms with E-state index < -0.39 is 6.04 Å². The molecule has 5 atom stereocenters. The standard InChI is InChI=1S/C19H29N3O2/c1-12-3-15(9-20)22(10-12)17(23)16(21)18-5-13-4-14(6-18)8-19(7-13,11-18)24-2/h12-16H,3-8,10-11,21H2,1-2H3/t12-,13?,14?,15+,16?,18?,19?/m1/s1. The Kier molecular flexibility index (Phi) is 3.71. The Labute approximate surface area is 144 Å². The normalized spacial score (nSPS) is 47.7. The first-order valence-electron chi connectivity index (χ1n) is 9.41. The molecule has 4 aliphatic carbocycles. The fourth-order valence-corrected chi connectivity index (χ4v) is 6.70. The molecular weight excluding hydrogens is 302 g/mol. The molecule has 0 spiro atoms. The number of nitriles is 1. The van der Waals surface area contributed by atoms with E-state index in [2.05, 4.69) is 13.0 Å². The van der Waals surface area contributed by atoms with Crippen LogP contribution in [0.4, 0.5) is 0 Å². The van der Waals surface area contributed by atoms with E-state index in [1.54, 1.807) is 4.90 Å². The highest BCUT2D eigenvalue weighted by Gasteiger charge is 2.61. The van der Waals surface area contributed by atoms with Gasteiger partial charge in [0.1, 0.15) is 6.04 Å². The molecule has 2 N–H and O–H groups in total. The summed E-state index contributed by atoms with van der Waals surface area (Å²) in [6, 6.07) is 1.51. The zero-order valence-electron chi connectivity index (χ0n) is 14.8. The predicted octanol–water partition coefficient (Wildman–Crippen LogP) is 2.06. The van der Waals surface area contributed by atoms with E-state index in [4.69, 9.17) is 10.5 Å². The van der Waals surface area contributed by atoms with Crippen molar-refractivity contribution in [2.45, 2.75) is 69.6 Å². The first kappa shape index (κ1) is 16.4. The SMILES string of the molecule is COC12CC3CC(C1)CC(C(N)C(=O)N1C[C@H](C)C[C@H]1C#N)(C3)C2. The number of hydrogen-bond donors (Lipinski definition) is 1. The summed E-state index contributed by atoms with van der Waals surface area (Å²) in [5.41, 5.74) is 6.43. The monoisotopic (exact) mass is 331 g/mol. The molecule has 5 nitrogen and oxygen atoms in total. The molecule has 1 aliphatic heterocycles. The number of hydrogen-bond acceptors (Lipinski definition) is 4. The minimum absolute atomic E-state index is 0.000830. The lowest BCUT2D eigenvalue weighted by atomic mass is 9.46. The zero-order chi connectivity index (χ0) is 17.1. The number of nitrogens with two attached hydrogens (primary N) is 1. The Morgan fingerprint density at radius 1 is 1.29 bits per heavy atom. The quantitative estimate of drug-likeness (QED) is 0.858. The first-order valence-corrected chi connectivity index (χ1v) is 9.41. The highest BCUT2D eigenvalue weighted by molar-refractivity contribution is 5.83. The van der Waals surface area contributed by atoms with Gasteiger partial charge in [-0.1, -0.05) is 6.92 Å². The molecule has 0 radical (unpaired) electrons. The second-order valence-electron chi connectivity index (χ2n) is 9.16. The van der Waals surface area contributed by atoms with Crippen molar-refractivity contribution in [3.63, 3.8) is 0 Å². The zero-order valence-corrected chi connectivity index (χ0v) is 14.8. The van der Waals surface area contributed by atoms with Crippen LogP contribution in [0.25, 0.3) is 0 Å². The summed E-state index contributed by atoms with van der Waals surface area (Å²) >= 11 is 0. The number of nitrogens with zero attached hydrogens (tertiary/aromatic N) is 2. The van der Waals surface area contributed by atoms with E-state index in [1.807, 2.05) is 7.11 Å². The second-order valence-corrected chi connectivity index (χ2v) is 9.16. The summed E-state index contributed by atoms with van der Waals surface area (Å²) in [6.07, 6.45) is 7.33. The number of likely N-dealkylation sites (tertiary alicyclic amines) is 1. The molecule has 4 bridgehead atoms. The van der Waals surface area contributed by atoms with Crippen LogP contribution in [0.2, 0.25) is 0 Å². The lowest BCUT2D eigenvalue weighted by Crippen LogP contribution is -2.65. The van der Waals surface area contributed by atoms with E-state index in [0.717, 1.165) is 38.5 Å². The molecule has 0 aromatic carbocycles. The fraction of sp³-hybridized carbons (Fsp3) is 0.895. The molecule has 5 heteroatoms. The van der Waals surface area contributed by atoms with Crippen molar-refractivity contribution in [3.8, 4) is 6.07 Å². The maximum absolute atomic E-state index is 13.2. The van der Waals surface area contributed by atoms with Crippen LogP contribution < -0.4 is 5.73 Å². The van der Waals surface area contributed by atoms with Crippen LogP contribution in [0.3, 0.4) is 0 Å². The number of carbonyl (C=O) groups excluding carboxylic acids is 1. The van der Waals surface area contributed by atoms with Crippen LogP contribution in [-0.2, 0) is 9.53 Å². The Morgan fingerprint density at radius 3 is 2.54 bits per heavy atom. The summed E-state index contributed by atoms with van der Waals surface area (Å²) in [4.78, 5) is 14.9. The van der Waals surface area contributed by atoms with Crippen molar-refractivity contribution in [1.82, 2.24) is 4.90 Å². The second kappa shape index (κ2) is 5.44. The summed E-state index contributed by atoms with van der Waals surface area (Å²) in [6.45, 7) is 2.77. The lowest BCUT2D eigenvalue weighted by molar-refractivity contribution is -0.189. The third-order valence-corrected chi connectivity index (χ3v) is 7.35. The number of rotatable bonds is 3. The lowest BCUT2D eigenvalue weighted by Gasteiger charge is -2.62. The van der Waals surface area contributed by atoms with Crippen LogP contribution in [-0.4, -0.2) is 42.1 Å². The number of amides is 1. The molecule has 3 unspecified atom stereocenters. The first-order chi connectivity index (χ1) is 11.4. The van der Waals surface area contributed by atoms with Crippen molar-refractivity contribution in [1.29, 1.82) is 5.26 Å². The van der Waals surface area contributed by atoms with Crippen molar-refractivity contribution < 1.29 is 9.53 Å². The Morgan fingerprint density at radius 2 is 1.96 bits per heavy atom. The Hall–Kier alpha value is -1.12. The highest BCUT2D eigenvalue weighted by atomic mass is 16.5. The summed E-state index contributed by atoms with van der Waals surface area (Å²) < 4.78 is 5.96. The maximum atomic E-state index is 13.2. The minimum Gasteiger partial charge on any atom is -0.378 e. The molecule has 1 amide bonds. The van der Waals surface area contributed by atoms with Gasteiger partial charge in [0.15, 0.2) is 0 Å². The average Bonchev–Trinajstić information content (AvgIpc) is 2.93. The van der Waals surface area contributed by atoms with Crippen LogP contribution in [0.15, 0.2) is 0 Å². The van der Waals surface area contributed by atoms with E-state index in [-0.39, 0.29) is 23.0 Å². The van der Waals surface area contributed by atoms with Gasteiger partial charge in [0.2, 0.25) is 5.91 Å². The molecular formula is C19H29N3O2. The molecule has 4 saturated carbocycles. The number of carbonyl (C=O) groups is 1. The van der Waals surface area contributed by atoms with Crippen molar-refractivity contribution >= 4 is 5.91 Å². The van der Waals surface area contributed by atoms with E-state index in [9.17, 15) is 10.1 Å². The van der Waals surface area contributed by atoms with Gasteiger partial charge in [-0.3, -0.25) is 4.79 Å². The molecule has 132 valence electrons. The molecule has 0 aromatic heterocycles. The predicted molar refractivity (Wildman–Crippen MR) is 89.7 cm³/mol. The Balaban J connectivity index is 1.59. The van der Waals surface area contributed by atoms with Crippen molar-refractivity contribution in [3.05, 3.63) is 0 Å². The van der Waals surface area contributed by atoms with Gasteiger partial charge in [0.25, 0.3) is 0 Å². The smallest absolute Gasteiger partial charge is 0.241 e. The molecule has 5 rings (SSSR count). The van der Waals surface area contributed by atoms with E-state index >= 15 is 0 Å². The van der Waals surface area contributed by atoms with Gasteiger partial charge in [-0.2, -0.15) is 5.26 Å². The van der Waals surface area contributed by atoms with Crippen LogP contribution in [0, 0.1) is 34.5 Å². The molecule has 24 heavy (non-hydrogen) atoms. The summed E-state index contributed by atoms with van der Waals surface area (Å²) in [5, 5.41) is 9.39. The topological polar surface area (TPSA) is 79.3 Å². The van der Waals surface area contributed by atoms with E-state index in [1.165, 1.54) is 6.42 Å². The summed E-state index contributed by atoms with van der Waals surface area (Å²) in [7, 11) is 1.82. The molecule has 0 aromatic rings. The van der Waals surface area contributed by atoms with Gasteiger partial charge in [0, 0.05) is 13.7 Å². The third kappa shape index (κ3) is 2.30. The maximum Gasteiger partial charge on any atom is 0.241 e. The third-order valence-electron chi connectivity index (χ3n) is 7.35. The Bertz CT molecular complexity index is 570. The van der Waals surface area contributed by atoms with Crippen LogP contribution >= 0.6 is 0 Å². The highest BCUT2D eigenvalue weighted by Crippen LogP contribution is 2.63. The van der Waals surface area contributed by atoms with Gasteiger partial charge in [0.05, 0.1) is 17.7 Å². The largest absolute Gasteiger partial charge is 0.378 e. The molecule has 1 saturated heterocycles. The molecule has 1 heterocycles. The van der Waals surface area contributed by atoms with Gasteiger partial charge >= 0.3 is 0 Å². The van der Waals surface area contributed by atoms with Gasteiger partial charge in [-0.25, -0.2) is 0 Å². The van der Waals surface area contributed by atoms with Gasteiger partial charge in [-0.15, -0.1) is 0 Å². The van der Waals surface area contributed by atoms with Crippen LogP contribution in [0.5, 0.6) is 0 Å². The van der Waals surface area contributed by atoms with Crippen molar-refractivity contribution in [2.75, 3.05) is 13.7 Å². The van der Waals surface area contributed by atoms with Crippen LogP contribution in [0.1, 0.15) is 51.9 Å². The number of ether oxygens (including phenoxy) is 1. The fourth-order valence-electron chi connectivity index (χ4n) is 6.70. The van der Waals surface area contributed by atoms with Gasteiger partial charge in [-0.05, 0) is 68.1 Å². The minimum atomic E-state index is -0.487. The average molecular weight is 331 g/mol. The van der Waals surface area contributed by atoms with Crippen molar-refractivity contribution in [2.24, 2.45) is 28.9 Å². The molecule has 5 fully saturated rings. The summed E-state index contributed by atoms with van der Waals surface area (Å²) in [5.74, 6) is 1.68. The van der Waals surface area contributed by atoms with Gasteiger partial charge < -0.3 is 15.4 Å². The number of methoxy groups -OCH3 is 1.